The van der Waals surface area contributed by atoms with Gasteiger partial charge in [0, 0.05) is 44.0 Å². The zero-order valence-corrected chi connectivity index (χ0v) is 14.9. The van der Waals surface area contributed by atoms with Gasteiger partial charge in [-0.2, -0.15) is 0 Å². The van der Waals surface area contributed by atoms with Gasteiger partial charge >= 0.3 is 0 Å². The summed E-state index contributed by atoms with van der Waals surface area (Å²) in [5, 5.41) is 3.40. The predicted octanol–water partition coefficient (Wildman–Crippen LogP) is 3.60. The SMILES string of the molecule is C=C(C)C[C@H](c1cccnc1Br)N1CCNCC1.Cl.Cl. The third-order valence-electron chi connectivity index (χ3n) is 3.28. The molecule has 3 nitrogen and oxygen atoms in total. The van der Waals surface area contributed by atoms with Crippen LogP contribution in [0.5, 0.6) is 0 Å². The van der Waals surface area contributed by atoms with E-state index in [1.165, 1.54) is 11.1 Å². The second-order valence-corrected chi connectivity index (χ2v) is 5.60. The maximum Gasteiger partial charge on any atom is 0.110 e. The van der Waals surface area contributed by atoms with Crippen LogP contribution in [0, 0.1) is 0 Å². The van der Waals surface area contributed by atoms with Crippen molar-refractivity contribution in [3.05, 3.63) is 40.6 Å². The van der Waals surface area contributed by atoms with Crippen molar-refractivity contribution in [1.82, 2.24) is 15.2 Å². The third-order valence-corrected chi connectivity index (χ3v) is 3.94. The summed E-state index contributed by atoms with van der Waals surface area (Å²) >= 11 is 3.57. The number of nitrogens with one attached hydrogen (secondary N) is 1. The molecular formula is C14H22BrCl2N3. The summed E-state index contributed by atoms with van der Waals surface area (Å²) in [6, 6.07) is 4.55. The van der Waals surface area contributed by atoms with Crippen molar-refractivity contribution < 1.29 is 0 Å². The molecule has 20 heavy (non-hydrogen) atoms. The second-order valence-electron chi connectivity index (χ2n) is 4.85. The van der Waals surface area contributed by atoms with Gasteiger partial charge in [-0.15, -0.1) is 31.4 Å². The van der Waals surface area contributed by atoms with Gasteiger partial charge in [-0.05, 0) is 35.3 Å². The van der Waals surface area contributed by atoms with Crippen LogP contribution in [-0.2, 0) is 0 Å². The fourth-order valence-corrected chi connectivity index (χ4v) is 2.92. The minimum Gasteiger partial charge on any atom is -0.314 e. The summed E-state index contributed by atoms with van der Waals surface area (Å²) in [5.74, 6) is 0. The van der Waals surface area contributed by atoms with Crippen LogP contribution >= 0.6 is 40.7 Å². The van der Waals surface area contributed by atoms with Gasteiger partial charge in [-0.3, -0.25) is 4.90 Å². The number of aromatic nitrogens is 1. The van der Waals surface area contributed by atoms with Gasteiger partial charge in [-0.1, -0.05) is 11.6 Å². The topological polar surface area (TPSA) is 28.2 Å². The first kappa shape index (κ1) is 19.9. The fourth-order valence-electron chi connectivity index (χ4n) is 2.41. The van der Waals surface area contributed by atoms with E-state index in [1.54, 1.807) is 0 Å². The Bertz CT molecular complexity index is 423. The molecule has 1 N–H and O–H groups in total. The van der Waals surface area contributed by atoms with E-state index in [0.29, 0.717) is 6.04 Å². The van der Waals surface area contributed by atoms with E-state index in [9.17, 15) is 0 Å². The molecule has 1 aliphatic heterocycles. The van der Waals surface area contributed by atoms with Crippen LogP contribution in [0.15, 0.2) is 35.1 Å². The normalized spacial score (nSPS) is 16.7. The molecule has 0 unspecified atom stereocenters. The van der Waals surface area contributed by atoms with Gasteiger partial charge < -0.3 is 5.32 Å². The highest BCUT2D eigenvalue weighted by Gasteiger charge is 2.23. The number of halogens is 3. The monoisotopic (exact) mass is 381 g/mol. The van der Waals surface area contributed by atoms with Gasteiger partial charge in [-0.25, -0.2) is 4.98 Å². The van der Waals surface area contributed by atoms with Crippen molar-refractivity contribution in [2.45, 2.75) is 19.4 Å². The van der Waals surface area contributed by atoms with Crippen LogP contribution < -0.4 is 5.32 Å². The van der Waals surface area contributed by atoms with Gasteiger partial charge in [0.25, 0.3) is 0 Å². The zero-order valence-electron chi connectivity index (χ0n) is 11.6. The van der Waals surface area contributed by atoms with Crippen molar-refractivity contribution in [2.75, 3.05) is 26.2 Å². The van der Waals surface area contributed by atoms with E-state index in [1.807, 2.05) is 12.3 Å². The summed E-state index contributed by atoms with van der Waals surface area (Å²) in [6.07, 6.45) is 2.81. The van der Waals surface area contributed by atoms with Crippen molar-refractivity contribution >= 4 is 40.7 Å². The highest BCUT2D eigenvalue weighted by molar-refractivity contribution is 9.10. The van der Waals surface area contributed by atoms with Crippen LogP contribution in [0.3, 0.4) is 0 Å². The first-order valence-electron chi connectivity index (χ1n) is 6.38. The molecule has 2 rings (SSSR count). The Hall–Kier alpha value is -0.130. The van der Waals surface area contributed by atoms with Crippen LogP contribution in [0.4, 0.5) is 0 Å². The van der Waals surface area contributed by atoms with Crippen LogP contribution in [0.2, 0.25) is 0 Å². The average Bonchev–Trinajstić information content (AvgIpc) is 2.38. The molecule has 0 aliphatic carbocycles. The first-order valence-corrected chi connectivity index (χ1v) is 7.17. The minimum absolute atomic E-state index is 0. The first-order chi connectivity index (χ1) is 8.68. The van der Waals surface area contributed by atoms with Gasteiger partial charge in [0.15, 0.2) is 0 Å². The maximum atomic E-state index is 4.35. The molecule has 1 atom stereocenters. The highest BCUT2D eigenvalue weighted by Crippen LogP contribution is 2.31. The maximum absolute atomic E-state index is 4.35. The number of pyridine rings is 1. The molecule has 114 valence electrons. The van der Waals surface area contributed by atoms with Crippen LogP contribution in [0.25, 0.3) is 0 Å². The number of rotatable bonds is 4. The molecule has 0 aromatic carbocycles. The molecular weight excluding hydrogens is 361 g/mol. The quantitative estimate of drug-likeness (QED) is 0.636. The van der Waals surface area contributed by atoms with E-state index < -0.39 is 0 Å². The molecule has 1 aromatic heterocycles. The largest absolute Gasteiger partial charge is 0.314 e. The van der Waals surface area contributed by atoms with E-state index in [-0.39, 0.29) is 24.8 Å². The van der Waals surface area contributed by atoms with Crippen molar-refractivity contribution in [1.29, 1.82) is 0 Å². The molecule has 0 spiro atoms. The molecule has 1 fully saturated rings. The summed E-state index contributed by atoms with van der Waals surface area (Å²) < 4.78 is 0.954. The third kappa shape index (κ3) is 5.34. The molecule has 0 radical (unpaired) electrons. The predicted molar refractivity (Wildman–Crippen MR) is 93.0 cm³/mol. The average molecular weight is 383 g/mol. The molecule has 0 saturated carbocycles. The lowest BCUT2D eigenvalue weighted by Crippen LogP contribution is -2.45. The number of piperazine rings is 1. The van der Waals surface area contributed by atoms with Crippen molar-refractivity contribution in [3.8, 4) is 0 Å². The lowest BCUT2D eigenvalue weighted by atomic mass is 9.99. The van der Waals surface area contributed by atoms with E-state index in [0.717, 1.165) is 37.2 Å². The summed E-state index contributed by atoms with van der Waals surface area (Å²) in [7, 11) is 0. The smallest absolute Gasteiger partial charge is 0.110 e. The molecule has 1 saturated heterocycles. The van der Waals surface area contributed by atoms with Gasteiger partial charge in [0.05, 0.1) is 0 Å². The molecule has 2 heterocycles. The highest BCUT2D eigenvalue weighted by atomic mass is 79.9. The standard InChI is InChI=1S/C14H20BrN3.2ClH/c1-11(2)10-13(18-8-6-16-7-9-18)12-4-3-5-17-14(12)15;;/h3-5,13,16H,1,6-10H2,2H3;2*1H/t13-;;/m1../s1. The van der Waals surface area contributed by atoms with Crippen molar-refractivity contribution in [3.63, 3.8) is 0 Å². The Morgan fingerprint density at radius 2 is 2.10 bits per heavy atom. The molecule has 1 aliphatic rings. The molecule has 0 amide bonds. The number of nitrogens with zero attached hydrogens (tertiary/aromatic N) is 2. The lowest BCUT2D eigenvalue weighted by molar-refractivity contribution is 0.171. The second kappa shape index (κ2) is 9.74. The van der Waals surface area contributed by atoms with Crippen LogP contribution in [-0.4, -0.2) is 36.1 Å². The molecule has 6 heteroatoms. The summed E-state index contributed by atoms with van der Waals surface area (Å²) in [6.45, 7) is 10.4. The summed E-state index contributed by atoms with van der Waals surface area (Å²) in [5.41, 5.74) is 2.48. The zero-order chi connectivity index (χ0) is 13.0. The minimum atomic E-state index is 0. The Morgan fingerprint density at radius 3 is 2.65 bits per heavy atom. The van der Waals surface area contributed by atoms with Crippen LogP contribution in [0.1, 0.15) is 24.9 Å². The Morgan fingerprint density at radius 1 is 1.45 bits per heavy atom. The van der Waals surface area contributed by atoms with Gasteiger partial charge in [0.2, 0.25) is 0 Å². The number of hydrogen-bond donors (Lipinski definition) is 1. The molecule has 0 bridgehead atoms. The van der Waals surface area contributed by atoms with Gasteiger partial charge in [0.1, 0.15) is 4.60 Å². The lowest BCUT2D eigenvalue weighted by Gasteiger charge is -2.35. The summed E-state index contributed by atoms with van der Waals surface area (Å²) in [4.78, 5) is 6.87. The molecule has 1 aromatic rings. The Balaban J connectivity index is 0.00000180. The van der Waals surface area contributed by atoms with E-state index in [2.05, 4.69) is 50.7 Å². The number of hydrogen-bond acceptors (Lipinski definition) is 3. The van der Waals surface area contributed by atoms with E-state index >= 15 is 0 Å². The van der Waals surface area contributed by atoms with E-state index in [4.69, 9.17) is 0 Å². The van der Waals surface area contributed by atoms with Crippen molar-refractivity contribution in [2.24, 2.45) is 0 Å². The fraction of sp³-hybridized carbons (Fsp3) is 0.500. The Labute approximate surface area is 142 Å². The Kier molecular flexibility index (Phi) is 9.68.